The monoisotopic (exact) mass is 726 g/mol. The second kappa shape index (κ2) is 18.5. The van der Waals surface area contributed by atoms with Crippen LogP contribution in [0.5, 0.6) is 0 Å². The molecule has 0 radical (unpaired) electrons. The fourth-order valence-electron chi connectivity index (χ4n) is 7.66. The molecular weight excluding hydrogens is 658 g/mol. The zero-order valence-electron chi connectivity index (χ0n) is 33.5. The van der Waals surface area contributed by atoms with Gasteiger partial charge in [0.2, 0.25) is 17.7 Å². The molecule has 4 atom stereocenters. The Balaban J connectivity index is 1.81. The SMILES string of the molecule is CCCC[C@H](NC(=O)[C@@H]1CCCN1C(=O)[C@H](/C=C/[C@H](CC(C)C)NC(=O)OC(C)(C)C)Cc1ccccc1)C(=O)NC1CC(C)(C)N(O)C(C)(C)C1. The van der Waals surface area contributed by atoms with Crippen molar-refractivity contribution in [1.82, 2.24) is 25.9 Å². The van der Waals surface area contributed by atoms with Gasteiger partial charge in [-0.3, -0.25) is 14.4 Å². The average Bonchev–Trinajstić information content (AvgIpc) is 3.52. The fourth-order valence-corrected chi connectivity index (χ4v) is 7.66. The van der Waals surface area contributed by atoms with Crippen LogP contribution in [0.25, 0.3) is 0 Å². The molecule has 2 aliphatic heterocycles. The summed E-state index contributed by atoms with van der Waals surface area (Å²) in [6, 6.07) is 7.83. The number of ether oxygens (including phenoxy) is 1. The molecule has 292 valence electrons. The summed E-state index contributed by atoms with van der Waals surface area (Å²) in [6.07, 6.45) is 8.77. The summed E-state index contributed by atoms with van der Waals surface area (Å²) < 4.78 is 5.52. The van der Waals surface area contributed by atoms with E-state index < -0.39 is 40.8 Å². The van der Waals surface area contributed by atoms with Gasteiger partial charge in [0, 0.05) is 23.7 Å². The van der Waals surface area contributed by atoms with Crippen LogP contribution in [0.3, 0.4) is 0 Å². The maximum atomic E-state index is 14.4. The smallest absolute Gasteiger partial charge is 0.408 e. The van der Waals surface area contributed by atoms with Crippen LogP contribution in [0.1, 0.15) is 126 Å². The van der Waals surface area contributed by atoms with Crippen LogP contribution >= 0.6 is 0 Å². The second-order valence-corrected chi connectivity index (χ2v) is 17.5. The van der Waals surface area contributed by atoms with E-state index in [0.29, 0.717) is 51.5 Å². The van der Waals surface area contributed by atoms with Gasteiger partial charge in [-0.15, -0.1) is 0 Å². The minimum Gasteiger partial charge on any atom is -0.444 e. The number of unbranched alkanes of at least 4 members (excludes halogenated alkanes) is 1. The summed E-state index contributed by atoms with van der Waals surface area (Å²) in [6.45, 7) is 19.9. The van der Waals surface area contributed by atoms with E-state index in [-0.39, 0.29) is 35.7 Å². The highest BCUT2D eigenvalue weighted by atomic mass is 16.6. The Hall–Kier alpha value is -3.44. The Labute approximate surface area is 312 Å². The predicted molar refractivity (Wildman–Crippen MR) is 205 cm³/mol. The molecule has 11 nitrogen and oxygen atoms in total. The Bertz CT molecular complexity index is 1350. The van der Waals surface area contributed by atoms with Gasteiger partial charge in [0.15, 0.2) is 0 Å². The predicted octanol–water partition coefficient (Wildman–Crippen LogP) is 6.53. The minimum absolute atomic E-state index is 0.159. The van der Waals surface area contributed by atoms with Gasteiger partial charge in [-0.1, -0.05) is 76.1 Å². The Kier molecular flexibility index (Phi) is 15.3. The summed E-state index contributed by atoms with van der Waals surface area (Å²) >= 11 is 0. The van der Waals surface area contributed by atoms with Crippen LogP contribution in [0, 0.1) is 11.8 Å². The van der Waals surface area contributed by atoms with Crippen molar-refractivity contribution in [3.05, 3.63) is 48.0 Å². The van der Waals surface area contributed by atoms with Crippen molar-refractivity contribution in [2.45, 2.75) is 168 Å². The van der Waals surface area contributed by atoms with Crippen LogP contribution in [0.4, 0.5) is 4.79 Å². The zero-order chi connectivity index (χ0) is 38.9. The molecule has 0 spiro atoms. The number of piperidine rings is 1. The first-order valence-corrected chi connectivity index (χ1v) is 19.3. The van der Waals surface area contributed by atoms with Crippen molar-refractivity contribution >= 4 is 23.8 Å². The molecule has 2 heterocycles. The molecule has 2 fully saturated rings. The number of hydrogen-bond donors (Lipinski definition) is 4. The van der Waals surface area contributed by atoms with Crippen molar-refractivity contribution in [3.63, 3.8) is 0 Å². The molecule has 4 amide bonds. The second-order valence-electron chi connectivity index (χ2n) is 17.5. The normalized spacial score (nSPS) is 21.1. The highest BCUT2D eigenvalue weighted by Crippen LogP contribution is 2.36. The number of hydrogen-bond acceptors (Lipinski definition) is 7. The molecule has 0 aliphatic carbocycles. The van der Waals surface area contributed by atoms with Crippen molar-refractivity contribution in [3.8, 4) is 0 Å². The van der Waals surface area contributed by atoms with Crippen molar-refractivity contribution in [1.29, 1.82) is 0 Å². The van der Waals surface area contributed by atoms with Crippen LogP contribution in [0.15, 0.2) is 42.5 Å². The lowest BCUT2D eigenvalue weighted by molar-refractivity contribution is -0.246. The Morgan fingerprint density at radius 3 is 2.21 bits per heavy atom. The number of carbonyl (C=O) groups excluding carboxylic acids is 4. The maximum absolute atomic E-state index is 14.4. The maximum Gasteiger partial charge on any atom is 0.408 e. The first kappa shape index (κ1) is 43.0. The number of carbonyl (C=O) groups is 4. The number of likely N-dealkylation sites (tertiary alicyclic amines) is 1. The van der Waals surface area contributed by atoms with E-state index in [2.05, 4.69) is 29.8 Å². The van der Waals surface area contributed by atoms with Gasteiger partial charge in [0.05, 0.1) is 12.0 Å². The topological polar surface area (TPSA) is 140 Å². The molecule has 52 heavy (non-hydrogen) atoms. The van der Waals surface area contributed by atoms with Gasteiger partial charge >= 0.3 is 6.09 Å². The molecular formula is C41H67N5O6. The molecule has 0 bridgehead atoms. The Morgan fingerprint density at radius 2 is 1.63 bits per heavy atom. The number of amides is 4. The third-order valence-electron chi connectivity index (χ3n) is 9.92. The van der Waals surface area contributed by atoms with E-state index in [9.17, 15) is 24.4 Å². The molecule has 0 unspecified atom stereocenters. The first-order valence-electron chi connectivity index (χ1n) is 19.3. The fraction of sp³-hybridized carbons (Fsp3) is 0.707. The molecule has 2 aliphatic rings. The first-order chi connectivity index (χ1) is 24.2. The molecule has 2 saturated heterocycles. The van der Waals surface area contributed by atoms with E-state index in [0.717, 1.165) is 18.4 Å². The van der Waals surface area contributed by atoms with Gasteiger partial charge < -0.3 is 30.8 Å². The molecule has 0 aromatic heterocycles. The molecule has 1 aromatic rings. The summed E-state index contributed by atoms with van der Waals surface area (Å²) in [5, 5.41) is 21.3. The Morgan fingerprint density at radius 1 is 1.00 bits per heavy atom. The summed E-state index contributed by atoms with van der Waals surface area (Å²) in [5.41, 5.74) is -0.716. The van der Waals surface area contributed by atoms with Gasteiger partial charge in [-0.05, 0) is 105 Å². The van der Waals surface area contributed by atoms with E-state index in [1.165, 1.54) is 5.06 Å². The highest BCUT2D eigenvalue weighted by molar-refractivity contribution is 5.93. The number of alkyl carbamates (subject to hydrolysis) is 1. The van der Waals surface area contributed by atoms with Gasteiger partial charge in [-0.2, -0.15) is 5.06 Å². The molecule has 4 N–H and O–H groups in total. The van der Waals surface area contributed by atoms with Gasteiger partial charge in [0.25, 0.3) is 0 Å². The number of rotatable bonds is 15. The van der Waals surface area contributed by atoms with Crippen molar-refractivity contribution in [2.75, 3.05) is 6.54 Å². The van der Waals surface area contributed by atoms with Crippen molar-refractivity contribution < 1.29 is 29.1 Å². The standard InChI is InChI=1S/C41H67N5O6/c1-11-12-19-33(35(47)42-32-26-40(7,8)46(51)41(9,10)27-32)44-36(48)34-20-16-23-45(34)37(49)30(25-29-17-14-13-15-18-29)21-22-31(24-28(2)3)43-38(50)52-39(4,5)6/h13-15,17-18,21-22,28,30-34,51H,11-12,16,19-20,23-27H2,1-10H3,(H,42,47)(H,43,50)(H,44,48)/b22-21+/t30-,31-,33+,34+/m1/s1. The average molecular weight is 726 g/mol. The van der Waals surface area contributed by atoms with Crippen molar-refractivity contribution in [2.24, 2.45) is 11.8 Å². The number of nitrogens with one attached hydrogen (secondary N) is 3. The van der Waals surface area contributed by atoms with Crippen LogP contribution in [-0.4, -0.2) is 86.4 Å². The van der Waals surface area contributed by atoms with E-state index in [1.807, 2.05) is 97.9 Å². The van der Waals surface area contributed by atoms with E-state index in [4.69, 9.17) is 4.74 Å². The molecule has 3 rings (SSSR count). The molecule has 0 saturated carbocycles. The van der Waals surface area contributed by atoms with Crippen LogP contribution < -0.4 is 16.0 Å². The van der Waals surface area contributed by atoms with Gasteiger partial charge in [0.1, 0.15) is 17.7 Å². The lowest BCUT2D eigenvalue weighted by atomic mass is 9.79. The third kappa shape index (κ3) is 12.9. The third-order valence-corrected chi connectivity index (χ3v) is 9.92. The summed E-state index contributed by atoms with van der Waals surface area (Å²) in [4.78, 5) is 56.5. The lowest BCUT2D eigenvalue weighted by Gasteiger charge is -2.51. The van der Waals surface area contributed by atoms with Crippen LogP contribution in [0.2, 0.25) is 0 Å². The minimum atomic E-state index is -0.737. The number of nitrogens with zero attached hydrogens (tertiary/aromatic N) is 2. The summed E-state index contributed by atoms with van der Waals surface area (Å²) in [5.74, 6) is -1.01. The molecule has 1 aromatic carbocycles. The zero-order valence-corrected chi connectivity index (χ0v) is 33.5. The van der Waals surface area contributed by atoms with E-state index in [1.54, 1.807) is 4.90 Å². The van der Waals surface area contributed by atoms with Gasteiger partial charge in [-0.25, -0.2) is 4.79 Å². The quantitative estimate of drug-likeness (QED) is 0.151. The highest BCUT2D eigenvalue weighted by Gasteiger charge is 2.46. The molecule has 11 heteroatoms. The largest absolute Gasteiger partial charge is 0.444 e. The summed E-state index contributed by atoms with van der Waals surface area (Å²) in [7, 11) is 0. The van der Waals surface area contributed by atoms with E-state index >= 15 is 0 Å². The number of benzene rings is 1. The lowest BCUT2D eigenvalue weighted by Crippen LogP contribution is -2.64. The number of hydroxylamine groups is 2. The van der Waals surface area contributed by atoms with Crippen LogP contribution in [-0.2, 0) is 25.5 Å².